The van der Waals surface area contributed by atoms with Gasteiger partial charge in [-0.05, 0) is 44.5 Å². The van der Waals surface area contributed by atoms with Crippen molar-refractivity contribution >= 4 is 0 Å². The second kappa shape index (κ2) is 4.27. The molecule has 0 atom stereocenters. The fourth-order valence-electron chi connectivity index (χ4n) is 1.98. The van der Waals surface area contributed by atoms with E-state index >= 15 is 0 Å². The van der Waals surface area contributed by atoms with Crippen molar-refractivity contribution in [1.82, 2.24) is 10.3 Å². The number of aryl methyl sites for hydroxylation is 1. The van der Waals surface area contributed by atoms with Crippen LogP contribution in [0.1, 0.15) is 24.1 Å². The van der Waals surface area contributed by atoms with Crippen molar-refractivity contribution < 1.29 is 4.39 Å². The number of halogens is 1. The number of hydrogen-bond donors (Lipinski definition) is 1. The molecule has 1 saturated heterocycles. The normalized spacial score (nSPS) is 20.1. The Kier molecular flexibility index (Phi) is 3.00. The smallest absolute Gasteiger partial charge is 0.119 e. The van der Waals surface area contributed by atoms with Gasteiger partial charge in [-0.25, -0.2) is 4.39 Å². The van der Waals surface area contributed by atoms with E-state index in [1.165, 1.54) is 0 Å². The second-order valence-electron chi connectivity index (χ2n) is 4.40. The molecule has 1 aliphatic rings. The van der Waals surface area contributed by atoms with Crippen molar-refractivity contribution in [2.24, 2.45) is 0 Å². The highest BCUT2D eigenvalue weighted by Gasteiger charge is 2.32. The lowest BCUT2D eigenvalue weighted by Crippen LogP contribution is -2.40. The standard InChI is InChI=1S/C12H17FN2/c1-10-2-3-11(15-9-10)8-12(13)4-6-14-7-5-12/h2-3,9,14H,4-8H2,1H3. The van der Waals surface area contributed by atoms with E-state index in [0.29, 0.717) is 19.3 Å². The number of nitrogens with one attached hydrogen (secondary N) is 1. The summed E-state index contributed by atoms with van der Waals surface area (Å²) in [5.41, 5.74) is 0.940. The number of pyridine rings is 1. The van der Waals surface area contributed by atoms with Gasteiger partial charge in [0.25, 0.3) is 0 Å². The molecule has 2 nitrogen and oxygen atoms in total. The van der Waals surface area contributed by atoms with E-state index in [0.717, 1.165) is 24.3 Å². The van der Waals surface area contributed by atoms with Crippen LogP contribution < -0.4 is 5.32 Å². The highest BCUT2D eigenvalue weighted by atomic mass is 19.1. The van der Waals surface area contributed by atoms with Crippen LogP contribution in [0.2, 0.25) is 0 Å². The monoisotopic (exact) mass is 208 g/mol. The van der Waals surface area contributed by atoms with Crippen molar-refractivity contribution in [1.29, 1.82) is 0 Å². The third-order valence-corrected chi connectivity index (χ3v) is 2.97. The van der Waals surface area contributed by atoms with E-state index in [9.17, 15) is 4.39 Å². The maximum Gasteiger partial charge on any atom is 0.119 e. The summed E-state index contributed by atoms with van der Waals surface area (Å²) in [6.07, 6.45) is 3.46. The van der Waals surface area contributed by atoms with Gasteiger partial charge in [0, 0.05) is 18.3 Å². The first-order valence-corrected chi connectivity index (χ1v) is 5.49. The first-order valence-electron chi connectivity index (χ1n) is 5.49. The van der Waals surface area contributed by atoms with Crippen LogP contribution in [0.25, 0.3) is 0 Å². The SMILES string of the molecule is Cc1ccc(CC2(F)CCNCC2)nc1. The van der Waals surface area contributed by atoms with E-state index in [-0.39, 0.29) is 0 Å². The molecule has 0 aliphatic carbocycles. The molecule has 0 unspecified atom stereocenters. The third kappa shape index (κ3) is 2.75. The molecule has 2 heterocycles. The van der Waals surface area contributed by atoms with E-state index in [4.69, 9.17) is 0 Å². The molecule has 0 amide bonds. The number of nitrogens with zero attached hydrogens (tertiary/aromatic N) is 1. The van der Waals surface area contributed by atoms with Crippen LogP contribution in [0.3, 0.4) is 0 Å². The molecular weight excluding hydrogens is 191 g/mol. The molecule has 0 radical (unpaired) electrons. The summed E-state index contributed by atoms with van der Waals surface area (Å²) in [6, 6.07) is 3.92. The molecule has 15 heavy (non-hydrogen) atoms. The largest absolute Gasteiger partial charge is 0.316 e. The van der Waals surface area contributed by atoms with Crippen LogP contribution in [-0.2, 0) is 6.42 Å². The number of hydrogen-bond acceptors (Lipinski definition) is 2. The van der Waals surface area contributed by atoms with Gasteiger partial charge in [0.05, 0.1) is 0 Å². The van der Waals surface area contributed by atoms with Gasteiger partial charge in [-0.3, -0.25) is 4.98 Å². The van der Waals surface area contributed by atoms with E-state index < -0.39 is 5.67 Å². The molecule has 0 spiro atoms. The zero-order valence-electron chi connectivity index (χ0n) is 9.09. The predicted molar refractivity (Wildman–Crippen MR) is 58.6 cm³/mol. The summed E-state index contributed by atoms with van der Waals surface area (Å²) in [6.45, 7) is 3.55. The van der Waals surface area contributed by atoms with Crippen molar-refractivity contribution in [3.05, 3.63) is 29.6 Å². The van der Waals surface area contributed by atoms with Crippen molar-refractivity contribution in [2.75, 3.05) is 13.1 Å². The van der Waals surface area contributed by atoms with Gasteiger partial charge < -0.3 is 5.32 Å². The second-order valence-corrected chi connectivity index (χ2v) is 4.40. The fraction of sp³-hybridized carbons (Fsp3) is 0.583. The Morgan fingerprint density at radius 3 is 2.73 bits per heavy atom. The molecule has 0 bridgehead atoms. The molecule has 1 aliphatic heterocycles. The van der Waals surface area contributed by atoms with Gasteiger partial charge in [-0.15, -0.1) is 0 Å². The van der Waals surface area contributed by atoms with E-state index in [2.05, 4.69) is 10.3 Å². The number of alkyl halides is 1. The minimum absolute atomic E-state index is 0.453. The van der Waals surface area contributed by atoms with Gasteiger partial charge in [0.2, 0.25) is 0 Å². The fourth-order valence-corrected chi connectivity index (χ4v) is 1.98. The topological polar surface area (TPSA) is 24.9 Å². The molecule has 0 aromatic carbocycles. The van der Waals surface area contributed by atoms with Gasteiger partial charge in [0.1, 0.15) is 5.67 Å². The highest BCUT2D eigenvalue weighted by Crippen LogP contribution is 2.26. The summed E-state index contributed by atoms with van der Waals surface area (Å²) >= 11 is 0. The lowest BCUT2D eigenvalue weighted by molar-refractivity contribution is 0.115. The molecule has 82 valence electrons. The number of piperidine rings is 1. The van der Waals surface area contributed by atoms with Crippen LogP contribution in [-0.4, -0.2) is 23.7 Å². The van der Waals surface area contributed by atoms with Gasteiger partial charge in [-0.2, -0.15) is 0 Å². The van der Waals surface area contributed by atoms with Crippen LogP contribution in [0.15, 0.2) is 18.3 Å². The molecule has 1 fully saturated rings. The zero-order valence-corrected chi connectivity index (χ0v) is 9.09. The highest BCUT2D eigenvalue weighted by molar-refractivity contribution is 5.14. The molecule has 3 heteroatoms. The van der Waals surface area contributed by atoms with Crippen LogP contribution in [0.5, 0.6) is 0 Å². The Morgan fingerprint density at radius 2 is 2.13 bits per heavy atom. The molecule has 1 aromatic heterocycles. The quantitative estimate of drug-likeness (QED) is 0.804. The first kappa shape index (κ1) is 10.6. The Bertz CT molecular complexity index is 315. The number of rotatable bonds is 2. The Labute approximate surface area is 89.9 Å². The van der Waals surface area contributed by atoms with Crippen LogP contribution in [0, 0.1) is 6.92 Å². The summed E-state index contributed by atoms with van der Waals surface area (Å²) in [4.78, 5) is 4.26. The van der Waals surface area contributed by atoms with Crippen molar-refractivity contribution in [2.45, 2.75) is 31.9 Å². The van der Waals surface area contributed by atoms with Crippen molar-refractivity contribution in [3.8, 4) is 0 Å². The predicted octanol–water partition coefficient (Wildman–Crippen LogP) is 2.02. The summed E-state index contributed by atoms with van der Waals surface area (Å²) in [5.74, 6) is 0. The average molecular weight is 208 g/mol. The summed E-state index contributed by atoms with van der Waals surface area (Å²) in [7, 11) is 0. The average Bonchev–Trinajstić information content (AvgIpc) is 2.22. The van der Waals surface area contributed by atoms with Gasteiger partial charge in [0.15, 0.2) is 0 Å². The molecule has 1 aromatic rings. The lowest BCUT2D eigenvalue weighted by atomic mass is 9.89. The van der Waals surface area contributed by atoms with Crippen LogP contribution >= 0.6 is 0 Å². The van der Waals surface area contributed by atoms with Crippen molar-refractivity contribution in [3.63, 3.8) is 0 Å². The Balaban J connectivity index is 2.03. The first-order chi connectivity index (χ1) is 7.18. The minimum atomic E-state index is -1.05. The maximum absolute atomic E-state index is 14.3. The summed E-state index contributed by atoms with van der Waals surface area (Å²) < 4.78 is 14.3. The molecule has 2 rings (SSSR count). The minimum Gasteiger partial charge on any atom is -0.316 e. The zero-order chi connectivity index (χ0) is 10.7. The van der Waals surface area contributed by atoms with Gasteiger partial charge >= 0.3 is 0 Å². The number of aromatic nitrogens is 1. The third-order valence-electron chi connectivity index (χ3n) is 2.97. The Hall–Kier alpha value is -0.960. The van der Waals surface area contributed by atoms with E-state index in [1.807, 2.05) is 19.1 Å². The molecule has 0 saturated carbocycles. The maximum atomic E-state index is 14.3. The lowest BCUT2D eigenvalue weighted by Gasteiger charge is -2.29. The van der Waals surface area contributed by atoms with E-state index in [1.54, 1.807) is 6.20 Å². The summed E-state index contributed by atoms with van der Waals surface area (Å²) in [5, 5.41) is 3.17. The Morgan fingerprint density at radius 1 is 1.40 bits per heavy atom. The van der Waals surface area contributed by atoms with Crippen LogP contribution in [0.4, 0.5) is 4.39 Å². The molecule has 1 N–H and O–H groups in total. The van der Waals surface area contributed by atoms with Gasteiger partial charge in [-0.1, -0.05) is 6.07 Å². The molecular formula is C12H17FN2.